The molecule has 4 nitrogen and oxygen atoms in total. The van der Waals surface area contributed by atoms with Crippen LogP contribution in [0.3, 0.4) is 0 Å². The van der Waals surface area contributed by atoms with Crippen LogP contribution in [0.25, 0.3) is 10.9 Å². The van der Waals surface area contributed by atoms with Crippen LogP contribution in [0.2, 0.25) is 0 Å². The van der Waals surface area contributed by atoms with Crippen molar-refractivity contribution in [1.82, 2.24) is 9.78 Å². The van der Waals surface area contributed by atoms with Gasteiger partial charge >= 0.3 is 0 Å². The molecule has 0 bridgehead atoms. The van der Waals surface area contributed by atoms with Crippen molar-refractivity contribution in [2.75, 3.05) is 7.11 Å². The standard InChI is InChI=1S/C15H22N2O2/c1-15(2,19-4)10-9-13(18)14-11-7-5-6-8-12(11)17(3)16-14/h5-8,13,18H,9-10H2,1-4H3. The average molecular weight is 262 g/mol. The summed E-state index contributed by atoms with van der Waals surface area (Å²) in [6.07, 6.45) is 0.873. The smallest absolute Gasteiger partial charge is 0.0988 e. The number of fused-ring (bicyclic) bond motifs is 1. The molecule has 0 aliphatic carbocycles. The van der Waals surface area contributed by atoms with Crippen molar-refractivity contribution in [3.8, 4) is 0 Å². The van der Waals surface area contributed by atoms with Crippen LogP contribution < -0.4 is 0 Å². The highest BCUT2D eigenvalue weighted by Crippen LogP contribution is 2.28. The van der Waals surface area contributed by atoms with Crippen molar-refractivity contribution in [2.24, 2.45) is 7.05 Å². The highest BCUT2D eigenvalue weighted by Gasteiger charge is 2.22. The van der Waals surface area contributed by atoms with Crippen LogP contribution in [-0.4, -0.2) is 27.6 Å². The lowest BCUT2D eigenvalue weighted by Crippen LogP contribution is -2.23. The topological polar surface area (TPSA) is 47.3 Å². The number of aryl methyl sites for hydroxylation is 1. The van der Waals surface area contributed by atoms with E-state index in [2.05, 4.69) is 5.10 Å². The van der Waals surface area contributed by atoms with Crippen molar-refractivity contribution < 1.29 is 9.84 Å². The molecule has 2 aromatic rings. The molecule has 0 aliphatic heterocycles. The summed E-state index contributed by atoms with van der Waals surface area (Å²) in [6, 6.07) is 7.97. The number of aliphatic hydroxyl groups excluding tert-OH is 1. The molecule has 0 saturated carbocycles. The fraction of sp³-hybridized carbons (Fsp3) is 0.533. The number of aromatic nitrogens is 2. The quantitative estimate of drug-likeness (QED) is 0.901. The van der Waals surface area contributed by atoms with E-state index in [1.807, 2.05) is 49.8 Å². The van der Waals surface area contributed by atoms with Gasteiger partial charge in [-0.2, -0.15) is 5.10 Å². The molecule has 1 aromatic carbocycles. The van der Waals surface area contributed by atoms with Crippen molar-refractivity contribution in [2.45, 2.75) is 38.4 Å². The highest BCUT2D eigenvalue weighted by atomic mass is 16.5. The molecular formula is C15H22N2O2. The largest absolute Gasteiger partial charge is 0.387 e. The van der Waals surface area contributed by atoms with E-state index in [0.717, 1.165) is 23.0 Å². The Kier molecular flexibility index (Phi) is 3.92. The molecule has 0 saturated heterocycles. The van der Waals surface area contributed by atoms with Gasteiger partial charge in [-0.3, -0.25) is 4.68 Å². The normalized spacial score (nSPS) is 13.9. The Hall–Kier alpha value is -1.39. The fourth-order valence-electron chi connectivity index (χ4n) is 2.21. The summed E-state index contributed by atoms with van der Waals surface area (Å²) >= 11 is 0. The van der Waals surface area contributed by atoms with E-state index in [1.54, 1.807) is 7.11 Å². The fourth-order valence-corrected chi connectivity index (χ4v) is 2.21. The van der Waals surface area contributed by atoms with Crippen LogP contribution in [0, 0.1) is 0 Å². The molecule has 1 aromatic heterocycles. The van der Waals surface area contributed by atoms with Gasteiger partial charge in [0.05, 0.1) is 22.9 Å². The van der Waals surface area contributed by atoms with Gasteiger partial charge in [0.15, 0.2) is 0 Å². The number of nitrogens with zero attached hydrogens (tertiary/aromatic N) is 2. The summed E-state index contributed by atoms with van der Waals surface area (Å²) in [5, 5.41) is 15.8. The molecule has 1 heterocycles. The number of aliphatic hydroxyl groups is 1. The molecule has 0 fully saturated rings. The maximum absolute atomic E-state index is 10.4. The van der Waals surface area contributed by atoms with E-state index >= 15 is 0 Å². The molecule has 1 N–H and O–H groups in total. The monoisotopic (exact) mass is 262 g/mol. The molecule has 4 heteroatoms. The van der Waals surface area contributed by atoms with Crippen LogP contribution in [0.1, 0.15) is 38.5 Å². The number of hydrogen-bond acceptors (Lipinski definition) is 3. The first-order valence-electron chi connectivity index (χ1n) is 6.59. The molecule has 0 aliphatic rings. The van der Waals surface area contributed by atoms with Crippen LogP contribution in [0.15, 0.2) is 24.3 Å². The Labute approximate surface area is 114 Å². The van der Waals surface area contributed by atoms with E-state index in [4.69, 9.17) is 4.74 Å². The van der Waals surface area contributed by atoms with Gasteiger partial charge in [-0.05, 0) is 32.8 Å². The minimum atomic E-state index is -0.555. The highest BCUT2D eigenvalue weighted by molar-refractivity contribution is 5.82. The zero-order valence-corrected chi connectivity index (χ0v) is 12.1. The maximum Gasteiger partial charge on any atom is 0.0988 e. The van der Waals surface area contributed by atoms with Gasteiger partial charge in [0.2, 0.25) is 0 Å². The maximum atomic E-state index is 10.4. The second-order valence-electron chi connectivity index (χ2n) is 5.54. The Bertz CT molecular complexity index is 560. The van der Waals surface area contributed by atoms with Gasteiger partial charge in [-0.1, -0.05) is 18.2 Å². The summed E-state index contributed by atoms with van der Waals surface area (Å²) in [6.45, 7) is 4.05. The summed E-state index contributed by atoms with van der Waals surface area (Å²) < 4.78 is 7.19. The van der Waals surface area contributed by atoms with Crippen LogP contribution in [-0.2, 0) is 11.8 Å². The summed E-state index contributed by atoms with van der Waals surface area (Å²) in [5.74, 6) is 0. The van der Waals surface area contributed by atoms with Gasteiger partial charge in [0, 0.05) is 19.5 Å². The van der Waals surface area contributed by atoms with E-state index in [-0.39, 0.29) is 5.60 Å². The molecular weight excluding hydrogens is 240 g/mol. The van der Waals surface area contributed by atoms with Gasteiger partial charge in [0.25, 0.3) is 0 Å². The third kappa shape index (κ3) is 2.96. The summed E-state index contributed by atoms with van der Waals surface area (Å²) in [4.78, 5) is 0. The van der Waals surface area contributed by atoms with Gasteiger partial charge in [-0.25, -0.2) is 0 Å². The van der Waals surface area contributed by atoms with Crippen LogP contribution in [0.5, 0.6) is 0 Å². The SMILES string of the molecule is COC(C)(C)CCC(O)c1nn(C)c2ccccc12. The second kappa shape index (κ2) is 5.31. The first-order valence-corrected chi connectivity index (χ1v) is 6.59. The molecule has 19 heavy (non-hydrogen) atoms. The third-order valence-electron chi connectivity index (χ3n) is 3.67. The van der Waals surface area contributed by atoms with Crippen molar-refractivity contribution >= 4 is 10.9 Å². The average Bonchev–Trinajstić information content (AvgIpc) is 2.74. The molecule has 0 amide bonds. The van der Waals surface area contributed by atoms with E-state index in [1.165, 1.54) is 0 Å². The van der Waals surface area contributed by atoms with Crippen LogP contribution in [0.4, 0.5) is 0 Å². The number of benzene rings is 1. The first kappa shape index (κ1) is 14.0. The van der Waals surface area contributed by atoms with Gasteiger partial charge < -0.3 is 9.84 Å². The Balaban J connectivity index is 2.20. The second-order valence-corrected chi connectivity index (χ2v) is 5.54. The molecule has 1 atom stereocenters. The predicted molar refractivity (Wildman–Crippen MR) is 76.0 cm³/mol. The van der Waals surface area contributed by atoms with E-state index in [0.29, 0.717) is 6.42 Å². The Morgan fingerprint density at radius 3 is 2.74 bits per heavy atom. The van der Waals surface area contributed by atoms with Crippen molar-refractivity contribution in [3.63, 3.8) is 0 Å². The van der Waals surface area contributed by atoms with E-state index in [9.17, 15) is 5.11 Å². The zero-order chi connectivity index (χ0) is 14.0. The van der Waals surface area contributed by atoms with Crippen molar-refractivity contribution in [3.05, 3.63) is 30.0 Å². The van der Waals surface area contributed by atoms with Crippen LogP contribution >= 0.6 is 0 Å². The number of rotatable bonds is 5. The zero-order valence-electron chi connectivity index (χ0n) is 12.1. The third-order valence-corrected chi connectivity index (χ3v) is 3.67. The number of para-hydroxylation sites is 1. The Morgan fingerprint density at radius 1 is 1.37 bits per heavy atom. The Morgan fingerprint density at radius 2 is 2.05 bits per heavy atom. The lowest BCUT2D eigenvalue weighted by atomic mass is 9.98. The number of hydrogen-bond donors (Lipinski definition) is 1. The molecule has 0 spiro atoms. The van der Waals surface area contributed by atoms with Crippen molar-refractivity contribution in [1.29, 1.82) is 0 Å². The lowest BCUT2D eigenvalue weighted by molar-refractivity contribution is 0.00249. The minimum absolute atomic E-state index is 0.217. The predicted octanol–water partition coefficient (Wildman–Crippen LogP) is 2.81. The summed E-state index contributed by atoms with van der Waals surface area (Å²) in [7, 11) is 3.60. The molecule has 1 unspecified atom stereocenters. The molecule has 0 radical (unpaired) electrons. The lowest BCUT2D eigenvalue weighted by Gasteiger charge is -2.23. The summed E-state index contributed by atoms with van der Waals surface area (Å²) in [5.41, 5.74) is 1.58. The number of methoxy groups -OCH3 is 1. The minimum Gasteiger partial charge on any atom is -0.387 e. The molecule has 104 valence electrons. The van der Waals surface area contributed by atoms with Gasteiger partial charge in [0.1, 0.15) is 0 Å². The first-order chi connectivity index (χ1) is 8.94. The van der Waals surface area contributed by atoms with E-state index < -0.39 is 6.10 Å². The molecule has 2 rings (SSSR count). The van der Waals surface area contributed by atoms with Gasteiger partial charge in [-0.15, -0.1) is 0 Å². The number of ether oxygens (including phenoxy) is 1.